The van der Waals surface area contributed by atoms with Crippen LogP contribution in [-0.2, 0) is 16.2 Å². The van der Waals surface area contributed by atoms with Crippen LogP contribution in [-0.4, -0.2) is 18.2 Å². The highest BCUT2D eigenvalue weighted by Crippen LogP contribution is 2.33. The first-order valence-electron chi connectivity index (χ1n) is 7.12. The number of halogens is 4. The quantitative estimate of drug-likeness (QED) is 0.723. The van der Waals surface area contributed by atoms with Crippen LogP contribution in [0.4, 0.5) is 13.2 Å². The van der Waals surface area contributed by atoms with Crippen molar-refractivity contribution in [2.75, 3.05) is 0 Å². The summed E-state index contributed by atoms with van der Waals surface area (Å²) < 4.78 is 63.5. The average Bonchev–Trinajstić information content (AvgIpc) is 3.00. The van der Waals surface area contributed by atoms with Gasteiger partial charge >= 0.3 is 6.18 Å². The van der Waals surface area contributed by atoms with Crippen LogP contribution in [0.15, 0.2) is 59.5 Å². The van der Waals surface area contributed by atoms with E-state index in [2.05, 4.69) is 5.10 Å². The van der Waals surface area contributed by atoms with Crippen LogP contribution < -0.4 is 5.14 Å². The molecule has 136 valence electrons. The second kappa shape index (κ2) is 6.42. The minimum atomic E-state index is -4.66. The Labute approximate surface area is 151 Å². The van der Waals surface area contributed by atoms with E-state index in [0.717, 1.165) is 16.8 Å². The van der Waals surface area contributed by atoms with Gasteiger partial charge in [-0.25, -0.2) is 18.2 Å². The van der Waals surface area contributed by atoms with Crippen molar-refractivity contribution in [3.05, 3.63) is 65.3 Å². The first-order chi connectivity index (χ1) is 12.1. The number of aromatic nitrogens is 2. The lowest BCUT2D eigenvalue weighted by atomic mass is 10.1. The molecule has 5 nitrogen and oxygen atoms in total. The summed E-state index contributed by atoms with van der Waals surface area (Å²) in [5.74, 6) is 0. The fourth-order valence-electron chi connectivity index (χ4n) is 2.33. The van der Waals surface area contributed by atoms with Gasteiger partial charge in [0, 0.05) is 10.6 Å². The van der Waals surface area contributed by atoms with Gasteiger partial charge in [-0.1, -0.05) is 29.8 Å². The lowest BCUT2D eigenvalue weighted by Crippen LogP contribution is -2.13. The van der Waals surface area contributed by atoms with Crippen molar-refractivity contribution in [3.63, 3.8) is 0 Å². The Morgan fingerprint density at radius 3 is 2.27 bits per heavy atom. The second-order valence-electron chi connectivity index (χ2n) is 5.37. The Morgan fingerprint density at radius 1 is 1.04 bits per heavy atom. The highest BCUT2D eigenvalue weighted by molar-refractivity contribution is 7.89. The molecule has 3 rings (SSSR count). The maximum absolute atomic E-state index is 13.1. The van der Waals surface area contributed by atoms with Crippen molar-refractivity contribution in [1.82, 2.24) is 9.78 Å². The minimum Gasteiger partial charge on any atom is -0.232 e. The molecule has 0 amide bonds. The SMILES string of the molecule is NS(=O)(=O)c1cccc(-n2nc(C(F)(F)F)cc2-c2ccc(Cl)cc2)c1. The van der Waals surface area contributed by atoms with Crippen molar-refractivity contribution in [3.8, 4) is 16.9 Å². The van der Waals surface area contributed by atoms with Crippen molar-refractivity contribution in [2.24, 2.45) is 5.14 Å². The van der Waals surface area contributed by atoms with Gasteiger partial charge in [0.05, 0.1) is 16.3 Å². The number of primary sulfonamides is 1. The molecule has 0 aliphatic carbocycles. The van der Waals surface area contributed by atoms with Gasteiger partial charge in [0.2, 0.25) is 10.0 Å². The summed E-state index contributed by atoms with van der Waals surface area (Å²) >= 11 is 5.82. The molecule has 26 heavy (non-hydrogen) atoms. The van der Waals surface area contributed by atoms with Crippen LogP contribution in [0.1, 0.15) is 5.69 Å². The lowest BCUT2D eigenvalue weighted by Gasteiger charge is -2.09. The number of rotatable bonds is 3. The number of alkyl halides is 3. The van der Waals surface area contributed by atoms with Crippen LogP contribution in [0.2, 0.25) is 5.02 Å². The van der Waals surface area contributed by atoms with E-state index in [4.69, 9.17) is 16.7 Å². The lowest BCUT2D eigenvalue weighted by molar-refractivity contribution is -0.141. The molecule has 3 aromatic rings. The fraction of sp³-hybridized carbons (Fsp3) is 0.0625. The monoisotopic (exact) mass is 401 g/mol. The maximum atomic E-state index is 13.1. The molecule has 2 N–H and O–H groups in total. The molecular weight excluding hydrogens is 391 g/mol. The van der Waals surface area contributed by atoms with Gasteiger partial charge in [0.1, 0.15) is 0 Å². The summed E-state index contributed by atoms with van der Waals surface area (Å²) in [6.45, 7) is 0. The van der Waals surface area contributed by atoms with Gasteiger partial charge in [0.25, 0.3) is 0 Å². The van der Waals surface area contributed by atoms with Gasteiger partial charge in [-0.2, -0.15) is 18.3 Å². The van der Waals surface area contributed by atoms with E-state index in [-0.39, 0.29) is 16.3 Å². The summed E-state index contributed by atoms with van der Waals surface area (Å²) in [6, 6.07) is 12.2. The highest BCUT2D eigenvalue weighted by atomic mass is 35.5. The molecule has 1 heterocycles. The van der Waals surface area contributed by atoms with E-state index in [1.54, 1.807) is 12.1 Å². The number of nitrogens with zero attached hydrogens (tertiary/aromatic N) is 2. The topological polar surface area (TPSA) is 78.0 Å². The molecule has 2 aromatic carbocycles. The fourth-order valence-corrected chi connectivity index (χ4v) is 3.01. The van der Waals surface area contributed by atoms with Crippen molar-refractivity contribution in [2.45, 2.75) is 11.1 Å². The number of hydrogen-bond donors (Lipinski definition) is 1. The molecule has 0 bridgehead atoms. The zero-order valence-corrected chi connectivity index (χ0v) is 14.5. The van der Waals surface area contributed by atoms with E-state index in [1.807, 2.05) is 0 Å². The van der Waals surface area contributed by atoms with E-state index in [0.29, 0.717) is 10.6 Å². The Kier molecular flexibility index (Phi) is 4.55. The van der Waals surface area contributed by atoms with E-state index < -0.39 is 21.9 Å². The van der Waals surface area contributed by atoms with E-state index in [1.165, 1.54) is 30.3 Å². The normalized spacial score (nSPS) is 12.3. The predicted molar refractivity (Wildman–Crippen MR) is 90.4 cm³/mol. The molecule has 0 unspecified atom stereocenters. The summed E-state index contributed by atoms with van der Waals surface area (Å²) in [5, 5.41) is 9.11. The van der Waals surface area contributed by atoms with Crippen molar-refractivity contribution >= 4 is 21.6 Å². The molecule has 0 radical (unpaired) electrons. The van der Waals surface area contributed by atoms with Gasteiger partial charge in [-0.05, 0) is 36.4 Å². The molecule has 0 aliphatic heterocycles. The second-order valence-corrected chi connectivity index (χ2v) is 7.37. The van der Waals surface area contributed by atoms with Crippen molar-refractivity contribution in [1.29, 1.82) is 0 Å². The van der Waals surface area contributed by atoms with Gasteiger partial charge in [-0.3, -0.25) is 0 Å². The molecule has 0 atom stereocenters. The van der Waals surface area contributed by atoms with Gasteiger partial charge in [-0.15, -0.1) is 0 Å². The molecule has 0 fully saturated rings. The standard InChI is InChI=1S/C16H11ClF3N3O2S/c17-11-6-4-10(5-7-11)14-9-15(16(18,19)20)22-23(14)12-2-1-3-13(8-12)26(21,24)25/h1-9H,(H2,21,24,25). The van der Waals surface area contributed by atoms with Crippen LogP contribution in [0.5, 0.6) is 0 Å². The van der Waals surface area contributed by atoms with Gasteiger partial charge in [0.15, 0.2) is 5.69 Å². The predicted octanol–water partition coefficient (Wildman–Crippen LogP) is 3.86. The summed E-state index contributed by atoms with van der Waals surface area (Å²) in [6.07, 6.45) is -4.66. The number of sulfonamides is 1. The summed E-state index contributed by atoms with van der Waals surface area (Å²) in [4.78, 5) is -0.235. The molecule has 1 aromatic heterocycles. The highest BCUT2D eigenvalue weighted by Gasteiger charge is 2.35. The first kappa shape index (κ1) is 18.4. The van der Waals surface area contributed by atoms with E-state index >= 15 is 0 Å². The maximum Gasteiger partial charge on any atom is 0.435 e. The van der Waals surface area contributed by atoms with E-state index in [9.17, 15) is 21.6 Å². The molecule has 0 saturated carbocycles. The zero-order valence-electron chi connectivity index (χ0n) is 12.9. The number of nitrogens with two attached hydrogens (primary N) is 1. The molecule has 10 heteroatoms. The molecular formula is C16H11ClF3N3O2S. The van der Waals surface area contributed by atoms with Crippen LogP contribution in [0.3, 0.4) is 0 Å². The number of benzene rings is 2. The molecule has 0 spiro atoms. The Hall–Kier alpha value is -2.36. The van der Waals surface area contributed by atoms with Crippen LogP contribution >= 0.6 is 11.6 Å². The van der Waals surface area contributed by atoms with Gasteiger partial charge < -0.3 is 0 Å². The third-order valence-corrected chi connectivity index (χ3v) is 4.69. The largest absolute Gasteiger partial charge is 0.435 e. The zero-order chi connectivity index (χ0) is 19.1. The number of hydrogen-bond acceptors (Lipinski definition) is 3. The average molecular weight is 402 g/mol. The first-order valence-corrected chi connectivity index (χ1v) is 9.04. The Balaban J connectivity index is 2.23. The van der Waals surface area contributed by atoms with Crippen LogP contribution in [0, 0.1) is 0 Å². The van der Waals surface area contributed by atoms with Crippen molar-refractivity contribution < 1.29 is 21.6 Å². The third-order valence-electron chi connectivity index (χ3n) is 3.53. The van der Waals surface area contributed by atoms with Crippen LogP contribution in [0.25, 0.3) is 16.9 Å². The molecule has 0 aliphatic rings. The molecule has 0 saturated heterocycles. The smallest absolute Gasteiger partial charge is 0.232 e. The Morgan fingerprint density at radius 2 is 1.69 bits per heavy atom. The summed E-state index contributed by atoms with van der Waals surface area (Å²) in [5.41, 5.74) is -0.431. The minimum absolute atomic E-state index is 0.122. The third kappa shape index (κ3) is 3.74. The Bertz CT molecular complexity index is 1060. The summed E-state index contributed by atoms with van der Waals surface area (Å²) in [7, 11) is -4.02.